The van der Waals surface area contributed by atoms with Crippen LogP contribution in [0.2, 0.25) is 0 Å². The van der Waals surface area contributed by atoms with Gasteiger partial charge in [-0.15, -0.1) is 11.8 Å². The Labute approximate surface area is 141 Å². The Balaban J connectivity index is 1.63. The minimum atomic E-state index is -0.0946. The summed E-state index contributed by atoms with van der Waals surface area (Å²) in [6.45, 7) is 1.14. The fourth-order valence-electron chi connectivity index (χ4n) is 1.85. The monoisotopic (exact) mass is 328 g/mol. The number of thioether (sulfide) groups is 1. The van der Waals surface area contributed by atoms with E-state index in [1.807, 2.05) is 48.7 Å². The van der Waals surface area contributed by atoms with Gasteiger partial charge in [-0.25, -0.2) is 0 Å². The number of nitrogens with zero attached hydrogens (tertiary/aromatic N) is 1. The number of hydrogen-bond donors (Lipinski definition) is 1. The second kappa shape index (κ2) is 9.69. The van der Waals surface area contributed by atoms with Gasteiger partial charge in [0.1, 0.15) is 5.75 Å². The van der Waals surface area contributed by atoms with Crippen LogP contribution in [0.15, 0.2) is 59.8 Å². The molecule has 1 N–H and O–H groups in total. The van der Waals surface area contributed by atoms with Crippen LogP contribution in [0.1, 0.15) is 12.0 Å². The summed E-state index contributed by atoms with van der Waals surface area (Å²) in [5, 5.41) is 2.84. The summed E-state index contributed by atoms with van der Waals surface area (Å²) in [5.41, 5.74) is 1.01. The van der Waals surface area contributed by atoms with E-state index < -0.39 is 0 Å². The number of carbonyl (C=O) groups is 1. The molecule has 1 heterocycles. The Kier molecular flexibility index (Phi) is 7.20. The molecule has 0 fully saturated rings. The summed E-state index contributed by atoms with van der Waals surface area (Å²) < 4.78 is 5.53. The molecule has 0 spiro atoms. The summed E-state index contributed by atoms with van der Waals surface area (Å²) in [7, 11) is 0. The molecule has 1 aromatic heterocycles. The number of hydrogen-bond acceptors (Lipinski definition) is 4. The van der Waals surface area contributed by atoms with Gasteiger partial charge in [0, 0.05) is 29.9 Å². The van der Waals surface area contributed by atoms with Crippen molar-refractivity contribution in [1.29, 1.82) is 0 Å². The second-order valence-corrected chi connectivity index (χ2v) is 5.66. The second-order valence-electron chi connectivity index (χ2n) is 4.78. The predicted octanol–water partition coefficient (Wildman–Crippen LogP) is 3.40. The minimum absolute atomic E-state index is 0.0946. The third kappa shape index (κ3) is 6.57. The van der Waals surface area contributed by atoms with Crippen LogP contribution in [0.25, 0.3) is 6.08 Å². The van der Waals surface area contributed by atoms with Gasteiger partial charge in [0.05, 0.1) is 6.61 Å². The third-order valence-corrected chi connectivity index (χ3v) is 3.83. The largest absolute Gasteiger partial charge is 0.493 e. The van der Waals surface area contributed by atoms with E-state index in [2.05, 4.69) is 10.3 Å². The van der Waals surface area contributed by atoms with Gasteiger partial charge >= 0.3 is 0 Å². The molecule has 23 heavy (non-hydrogen) atoms. The van der Waals surface area contributed by atoms with Crippen molar-refractivity contribution in [3.05, 3.63) is 60.4 Å². The normalized spacial score (nSPS) is 10.7. The smallest absolute Gasteiger partial charge is 0.244 e. The molecule has 0 unspecified atom stereocenters. The Hall–Kier alpha value is -2.27. The van der Waals surface area contributed by atoms with Crippen LogP contribution in [0.3, 0.4) is 0 Å². The van der Waals surface area contributed by atoms with Crippen LogP contribution >= 0.6 is 11.8 Å². The van der Waals surface area contributed by atoms with E-state index in [1.165, 1.54) is 4.90 Å². The molecule has 0 saturated carbocycles. The van der Waals surface area contributed by atoms with Gasteiger partial charge in [-0.1, -0.05) is 12.1 Å². The quantitative estimate of drug-likeness (QED) is 0.458. The Bertz CT molecular complexity index is 627. The summed E-state index contributed by atoms with van der Waals surface area (Å²) in [4.78, 5) is 16.9. The van der Waals surface area contributed by atoms with Gasteiger partial charge in [0.2, 0.25) is 5.91 Å². The van der Waals surface area contributed by atoms with Crippen molar-refractivity contribution in [2.75, 3.05) is 19.4 Å². The molecule has 4 nitrogen and oxygen atoms in total. The standard InChI is InChI=1S/C18H20N2O2S/c1-23-17-6-3-15(4-7-17)5-8-18(21)20-11-2-14-22-16-9-12-19-13-10-16/h3-10,12-13H,2,11,14H2,1H3,(H,20,21)/b8-5+. The van der Waals surface area contributed by atoms with Crippen molar-refractivity contribution < 1.29 is 9.53 Å². The molecule has 0 atom stereocenters. The van der Waals surface area contributed by atoms with E-state index >= 15 is 0 Å². The van der Waals surface area contributed by atoms with Crippen molar-refractivity contribution in [2.45, 2.75) is 11.3 Å². The molecule has 0 bridgehead atoms. The van der Waals surface area contributed by atoms with Crippen LogP contribution in [-0.4, -0.2) is 30.3 Å². The molecule has 0 aliphatic carbocycles. The highest BCUT2D eigenvalue weighted by Gasteiger charge is 1.96. The first-order valence-electron chi connectivity index (χ1n) is 7.41. The van der Waals surface area contributed by atoms with Crippen molar-refractivity contribution in [2.24, 2.45) is 0 Å². The average molecular weight is 328 g/mol. The number of aromatic nitrogens is 1. The lowest BCUT2D eigenvalue weighted by Crippen LogP contribution is -2.23. The number of ether oxygens (including phenoxy) is 1. The molecular formula is C18H20N2O2S. The molecular weight excluding hydrogens is 308 g/mol. The summed E-state index contributed by atoms with van der Waals surface area (Å²) >= 11 is 1.70. The van der Waals surface area contributed by atoms with Crippen LogP contribution in [0.4, 0.5) is 0 Å². The average Bonchev–Trinajstić information content (AvgIpc) is 2.61. The summed E-state index contributed by atoms with van der Waals surface area (Å²) in [5.74, 6) is 0.697. The van der Waals surface area contributed by atoms with Gasteiger partial charge in [-0.05, 0) is 48.6 Å². The first kappa shape index (κ1) is 17.1. The van der Waals surface area contributed by atoms with E-state index in [0.717, 1.165) is 17.7 Å². The zero-order chi connectivity index (χ0) is 16.3. The lowest BCUT2D eigenvalue weighted by molar-refractivity contribution is -0.116. The Morgan fingerprint density at radius 1 is 1.22 bits per heavy atom. The van der Waals surface area contributed by atoms with E-state index in [4.69, 9.17) is 4.74 Å². The Morgan fingerprint density at radius 2 is 1.96 bits per heavy atom. The molecule has 1 amide bonds. The maximum absolute atomic E-state index is 11.7. The molecule has 1 aromatic carbocycles. The van der Waals surface area contributed by atoms with Crippen molar-refractivity contribution in [3.8, 4) is 5.75 Å². The molecule has 5 heteroatoms. The van der Waals surface area contributed by atoms with Crippen LogP contribution in [-0.2, 0) is 4.79 Å². The lowest BCUT2D eigenvalue weighted by atomic mass is 10.2. The summed E-state index contributed by atoms with van der Waals surface area (Å²) in [6.07, 6.45) is 9.53. The molecule has 2 rings (SSSR count). The summed E-state index contributed by atoms with van der Waals surface area (Å²) in [6, 6.07) is 11.7. The van der Waals surface area contributed by atoms with Crippen molar-refractivity contribution >= 4 is 23.7 Å². The minimum Gasteiger partial charge on any atom is -0.493 e. The van der Waals surface area contributed by atoms with Gasteiger partial charge in [0.25, 0.3) is 0 Å². The number of nitrogens with one attached hydrogen (secondary N) is 1. The van der Waals surface area contributed by atoms with E-state index in [9.17, 15) is 4.79 Å². The van der Waals surface area contributed by atoms with E-state index in [1.54, 1.807) is 30.2 Å². The number of pyridine rings is 1. The molecule has 0 saturated heterocycles. The molecule has 0 radical (unpaired) electrons. The molecule has 0 aliphatic heterocycles. The van der Waals surface area contributed by atoms with Crippen LogP contribution in [0.5, 0.6) is 5.75 Å². The Morgan fingerprint density at radius 3 is 2.65 bits per heavy atom. The number of carbonyl (C=O) groups excluding carboxylic acids is 1. The van der Waals surface area contributed by atoms with Crippen LogP contribution < -0.4 is 10.1 Å². The van der Waals surface area contributed by atoms with Gasteiger partial charge in [-0.2, -0.15) is 0 Å². The van der Waals surface area contributed by atoms with Crippen molar-refractivity contribution in [1.82, 2.24) is 10.3 Å². The maximum Gasteiger partial charge on any atom is 0.244 e. The number of benzene rings is 1. The zero-order valence-electron chi connectivity index (χ0n) is 13.1. The zero-order valence-corrected chi connectivity index (χ0v) is 13.9. The SMILES string of the molecule is CSc1ccc(/C=C/C(=O)NCCCOc2ccncc2)cc1. The highest BCUT2D eigenvalue weighted by Crippen LogP contribution is 2.15. The first-order chi connectivity index (χ1) is 11.3. The molecule has 2 aromatic rings. The molecule has 0 aliphatic rings. The highest BCUT2D eigenvalue weighted by molar-refractivity contribution is 7.98. The third-order valence-electron chi connectivity index (χ3n) is 3.08. The van der Waals surface area contributed by atoms with Gasteiger partial charge < -0.3 is 10.1 Å². The maximum atomic E-state index is 11.7. The fourth-order valence-corrected chi connectivity index (χ4v) is 2.26. The fraction of sp³-hybridized carbons (Fsp3) is 0.222. The van der Waals surface area contributed by atoms with Gasteiger partial charge in [0.15, 0.2) is 0 Å². The topological polar surface area (TPSA) is 51.2 Å². The first-order valence-corrected chi connectivity index (χ1v) is 8.63. The highest BCUT2D eigenvalue weighted by atomic mass is 32.2. The lowest BCUT2D eigenvalue weighted by Gasteiger charge is -2.05. The predicted molar refractivity (Wildman–Crippen MR) is 94.6 cm³/mol. The number of rotatable bonds is 8. The molecule has 120 valence electrons. The number of amides is 1. The van der Waals surface area contributed by atoms with E-state index in [0.29, 0.717) is 13.2 Å². The van der Waals surface area contributed by atoms with Crippen LogP contribution in [0, 0.1) is 0 Å². The van der Waals surface area contributed by atoms with Gasteiger partial charge in [-0.3, -0.25) is 9.78 Å². The van der Waals surface area contributed by atoms with Crippen molar-refractivity contribution in [3.63, 3.8) is 0 Å². The van der Waals surface area contributed by atoms with E-state index in [-0.39, 0.29) is 5.91 Å².